The van der Waals surface area contributed by atoms with Gasteiger partial charge in [0.2, 0.25) is 0 Å². The first-order valence-electron chi connectivity index (χ1n) is 5.61. The van der Waals surface area contributed by atoms with Crippen molar-refractivity contribution in [3.63, 3.8) is 0 Å². The lowest BCUT2D eigenvalue weighted by molar-refractivity contribution is 0.102. The fourth-order valence-corrected chi connectivity index (χ4v) is 3.00. The molecule has 20 heavy (non-hydrogen) atoms. The maximum atomic E-state index is 12.0. The molecule has 1 N–H and O–H groups in total. The van der Waals surface area contributed by atoms with E-state index in [1.807, 2.05) is 12.1 Å². The molecule has 0 unspecified atom stereocenters. The van der Waals surface area contributed by atoms with Crippen molar-refractivity contribution in [2.75, 3.05) is 5.32 Å². The highest BCUT2D eigenvalue weighted by Crippen LogP contribution is 2.28. The summed E-state index contributed by atoms with van der Waals surface area (Å²) in [7, 11) is 0. The van der Waals surface area contributed by atoms with Crippen LogP contribution in [0.3, 0.4) is 0 Å². The maximum absolute atomic E-state index is 12.0. The summed E-state index contributed by atoms with van der Waals surface area (Å²) < 4.78 is 1.62. The zero-order chi connectivity index (χ0) is 14.1. The number of hydrogen-bond donors (Lipinski definition) is 1. The van der Waals surface area contributed by atoms with Crippen molar-refractivity contribution in [3.05, 3.63) is 51.7 Å². The standard InChI is InChI=1S/C13H7BrClN3OS/c14-11-4-1-7(6-16-11)12(19)18-13-17-9-3-2-8(15)5-10(9)20-13/h1-6H,(H,17,18,19). The number of hydrogen-bond acceptors (Lipinski definition) is 4. The lowest BCUT2D eigenvalue weighted by atomic mass is 10.3. The van der Waals surface area contributed by atoms with Crippen molar-refractivity contribution in [2.24, 2.45) is 0 Å². The molecule has 2 heterocycles. The molecule has 0 saturated heterocycles. The zero-order valence-electron chi connectivity index (χ0n) is 9.93. The van der Waals surface area contributed by atoms with Crippen LogP contribution in [-0.2, 0) is 0 Å². The number of aromatic nitrogens is 2. The molecule has 100 valence electrons. The smallest absolute Gasteiger partial charge is 0.259 e. The minimum Gasteiger partial charge on any atom is -0.298 e. The number of thiazole rings is 1. The van der Waals surface area contributed by atoms with E-state index in [0.29, 0.717) is 20.3 Å². The Balaban J connectivity index is 1.85. The van der Waals surface area contributed by atoms with Gasteiger partial charge in [-0.25, -0.2) is 9.97 Å². The predicted molar refractivity (Wildman–Crippen MR) is 84.5 cm³/mol. The molecule has 0 aliphatic rings. The van der Waals surface area contributed by atoms with Crippen LogP contribution in [0, 0.1) is 0 Å². The Hall–Kier alpha value is -1.50. The molecule has 0 aliphatic heterocycles. The lowest BCUT2D eigenvalue weighted by Gasteiger charge is -2.00. The normalized spacial score (nSPS) is 10.7. The highest BCUT2D eigenvalue weighted by Gasteiger charge is 2.10. The second-order valence-corrected chi connectivity index (χ2v) is 6.23. The number of pyridine rings is 1. The van der Waals surface area contributed by atoms with Crippen molar-refractivity contribution in [1.82, 2.24) is 9.97 Å². The quantitative estimate of drug-likeness (QED) is 0.684. The molecule has 0 aliphatic carbocycles. The number of halogens is 2. The molecule has 0 saturated carbocycles. The Labute approximate surface area is 131 Å². The van der Waals surface area contributed by atoms with Crippen molar-refractivity contribution >= 4 is 60.1 Å². The van der Waals surface area contributed by atoms with Crippen molar-refractivity contribution in [3.8, 4) is 0 Å². The molecule has 3 rings (SSSR count). The molecule has 4 nitrogen and oxygen atoms in total. The highest BCUT2D eigenvalue weighted by molar-refractivity contribution is 9.10. The second kappa shape index (κ2) is 5.47. The van der Waals surface area contributed by atoms with E-state index in [-0.39, 0.29) is 5.91 Å². The zero-order valence-corrected chi connectivity index (χ0v) is 13.1. The lowest BCUT2D eigenvalue weighted by Crippen LogP contribution is -2.11. The van der Waals surface area contributed by atoms with E-state index in [4.69, 9.17) is 11.6 Å². The van der Waals surface area contributed by atoms with Crippen LogP contribution in [0.25, 0.3) is 10.2 Å². The van der Waals surface area contributed by atoms with Crippen LogP contribution in [0.2, 0.25) is 5.02 Å². The van der Waals surface area contributed by atoms with Gasteiger partial charge < -0.3 is 0 Å². The van der Waals surface area contributed by atoms with Crippen LogP contribution in [-0.4, -0.2) is 15.9 Å². The van der Waals surface area contributed by atoms with E-state index in [0.717, 1.165) is 10.2 Å². The number of amides is 1. The summed E-state index contributed by atoms with van der Waals surface area (Å²) in [4.78, 5) is 20.4. The van der Waals surface area contributed by atoms with Gasteiger partial charge in [0, 0.05) is 11.2 Å². The minimum atomic E-state index is -0.241. The van der Waals surface area contributed by atoms with E-state index < -0.39 is 0 Å². The molecule has 2 aromatic heterocycles. The van der Waals surface area contributed by atoms with Crippen LogP contribution < -0.4 is 5.32 Å². The Kier molecular flexibility index (Phi) is 3.69. The average molecular weight is 369 g/mol. The van der Waals surface area contributed by atoms with E-state index in [1.54, 1.807) is 18.2 Å². The monoisotopic (exact) mass is 367 g/mol. The molecular weight excluding hydrogens is 362 g/mol. The number of rotatable bonds is 2. The predicted octanol–water partition coefficient (Wildman–Crippen LogP) is 4.36. The number of carbonyl (C=O) groups excluding carboxylic acids is 1. The summed E-state index contributed by atoms with van der Waals surface area (Å²) in [5, 5.41) is 3.94. The van der Waals surface area contributed by atoms with Crippen molar-refractivity contribution in [1.29, 1.82) is 0 Å². The first kappa shape index (κ1) is 13.5. The third-order valence-corrected chi connectivity index (χ3v) is 4.20. The van der Waals surface area contributed by atoms with E-state index in [1.165, 1.54) is 17.5 Å². The second-order valence-electron chi connectivity index (χ2n) is 3.95. The van der Waals surface area contributed by atoms with Crippen LogP contribution in [0.15, 0.2) is 41.1 Å². The van der Waals surface area contributed by atoms with Gasteiger partial charge in [0.05, 0.1) is 15.8 Å². The van der Waals surface area contributed by atoms with Gasteiger partial charge in [0.1, 0.15) is 4.60 Å². The van der Waals surface area contributed by atoms with Crippen LogP contribution >= 0.6 is 38.9 Å². The number of nitrogens with one attached hydrogen (secondary N) is 1. The van der Waals surface area contributed by atoms with Gasteiger partial charge >= 0.3 is 0 Å². The molecular formula is C13H7BrClN3OS. The van der Waals surface area contributed by atoms with Gasteiger partial charge in [0.25, 0.3) is 5.91 Å². The number of benzene rings is 1. The third-order valence-electron chi connectivity index (χ3n) is 2.56. The average Bonchev–Trinajstić information content (AvgIpc) is 2.80. The van der Waals surface area contributed by atoms with Gasteiger partial charge in [-0.1, -0.05) is 22.9 Å². The van der Waals surface area contributed by atoms with Crippen LogP contribution in [0.5, 0.6) is 0 Å². The maximum Gasteiger partial charge on any atom is 0.259 e. The van der Waals surface area contributed by atoms with E-state index in [2.05, 4.69) is 31.2 Å². The van der Waals surface area contributed by atoms with Gasteiger partial charge in [-0.3, -0.25) is 10.1 Å². The number of fused-ring (bicyclic) bond motifs is 1. The summed E-state index contributed by atoms with van der Waals surface area (Å²) in [5.41, 5.74) is 1.29. The SMILES string of the molecule is O=C(Nc1nc2ccc(Cl)cc2s1)c1ccc(Br)nc1. The first-order chi connectivity index (χ1) is 9.61. The first-order valence-corrected chi connectivity index (χ1v) is 7.59. The van der Waals surface area contributed by atoms with Crippen molar-refractivity contribution < 1.29 is 4.79 Å². The molecule has 0 fully saturated rings. The molecule has 0 atom stereocenters. The topological polar surface area (TPSA) is 54.9 Å². The number of carbonyl (C=O) groups is 1. The summed E-state index contributed by atoms with van der Waals surface area (Å²) in [6, 6.07) is 8.83. The van der Waals surface area contributed by atoms with Gasteiger partial charge in [-0.2, -0.15) is 0 Å². The summed E-state index contributed by atoms with van der Waals surface area (Å²) in [6.07, 6.45) is 1.50. The van der Waals surface area contributed by atoms with Gasteiger partial charge in [-0.15, -0.1) is 0 Å². The third kappa shape index (κ3) is 2.82. The molecule has 1 aromatic carbocycles. The van der Waals surface area contributed by atoms with E-state index in [9.17, 15) is 4.79 Å². The van der Waals surface area contributed by atoms with Gasteiger partial charge in [-0.05, 0) is 46.3 Å². The Morgan fingerprint density at radius 3 is 2.90 bits per heavy atom. The Morgan fingerprint density at radius 2 is 2.15 bits per heavy atom. The fourth-order valence-electron chi connectivity index (χ4n) is 1.63. The molecule has 3 aromatic rings. The van der Waals surface area contributed by atoms with Crippen molar-refractivity contribution in [2.45, 2.75) is 0 Å². The van der Waals surface area contributed by atoms with Crippen LogP contribution in [0.1, 0.15) is 10.4 Å². The highest BCUT2D eigenvalue weighted by atomic mass is 79.9. The number of nitrogens with zero attached hydrogens (tertiary/aromatic N) is 2. The number of anilines is 1. The molecule has 1 amide bonds. The van der Waals surface area contributed by atoms with Gasteiger partial charge in [0.15, 0.2) is 5.13 Å². The Morgan fingerprint density at radius 1 is 1.30 bits per heavy atom. The Bertz CT molecular complexity index is 788. The summed E-state index contributed by atoms with van der Waals surface area (Å²) in [5.74, 6) is -0.241. The molecule has 0 spiro atoms. The van der Waals surface area contributed by atoms with Crippen LogP contribution in [0.4, 0.5) is 5.13 Å². The minimum absolute atomic E-state index is 0.241. The molecule has 7 heteroatoms. The largest absolute Gasteiger partial charge is 0.298 e. The van der Waals surface area contributed by atoms with E-state index >= 15 is 0 Å². The molecule has 0 radical (unpaired) electrons. The fraction of sp³-hybridized carbons (Fsp3) is 0. The molecule has 0 bridgehead atoms. The summed E-state index contributed by atoms with van der Waals surface area (Å²) >= 11 is 10.5. The summed E-state index contributed by atoms with van der Waals surface area (Å²) in [6.45, 7) is 0.